The van der Waals surface area contributed by atoms with E-state index in [-0.39, 0.29) is 5.69 Å². The largest absolute Gasteiger partial charge is 0.493 e. The highest BCUT2D eigenvalue weighted by atomic mass is 79.9. The minimum absolute atomic E-state index is 0.0189. The lowest BCUT2D eigenvalue weighted by atomic mass is 10.2. The third-order valence-electron chi connectivity index (χ3n) is 3.89. The Labute approximate surface area is 178 Å². The van der Waals surface area contributed by atoms with Crippen molar-refractivity contribution in [1.82, 2.24) is 5.43 Å². The number of hydrogen-bond acceptors (Lipinski definition) is 7. The number of carbonyl (C=O) groups excluding carboxylic acids is 1. The average Bonchev–Trinajstić information content (AvgIpc) is 3.13. The molecule has 0 radical (unpaired) electrons. The molecule has 0 bridgehead atoms. The third-order valence-corrected chi connectivity index (χ3v) is 5.69. The zero-order chi connectivity index (χ0) is 21.0. The number of nitro benzene ring substituents is 1. The summed E-state index contributed by atoms with van der Waals surface area (Å²) in [4.78, 5) is 23.2. The number of nitro groups is 1. The van der Waals surface area contributed by atoms with Gasteiger partial charge in [-0.15, -0.1) is 11.3 Å². The first-order valence-corrected chi connectivity index (χ1v) is 10.1. The predicted octanol–water partition coefficient (Wildman–Crippen LogP) is 4.74. The number of nitrogens with one attached hydrogen (secondary N) is 1. The maximum Gasteiger partial charge on any atom is 0.281 e. The Hall–Kier alpha value is -2.98. The number of ether oxygens (including phenoxy) is 2. The molecule has 0 aliphatic rings. The fourth-order valence-corrected chi connectivity index (χ4v) is 3.91. The van der Waals surface area contributed by atoms with Crippen molar-refractivity contribution in [3.63, 3.8) is 0 Å². The van der Waals surface area contributed by atoms with Gasteiger partial charge in [-0.1, -0.05) is 0 Å². The summed E-state index contributed by atoms with van der Waals surface area (Å²) in [6, 6.07) is 9.59. The van der Waals surface area contributed by atoms with Crippen LogP contribution in [0.3, 0.4) is 0 Å². The van der Waals surface area contributed by atoms with Gasteiger partial charge in [0.05, 0.1) is 29.7 Å². The number of amides is 1. The van der Waals surface area contributed by atoms with E-state index in [1.54, 1.807) is 31.4 Å². The monoisotopic (exact) mass is 477 g/mol. The summed E-state index contributed by atoms with van der Waals surface area (Å²) in [6.07, 6.45) is 1.48. The number of hydrazone groups is 1. The van der Waals surface area contributed by atoms with Gasteiger partial charge in [0.1, 0.15) is 0 Å². The number of thiophene rings is 1. The first-order valence-electron chi connectivity index (χ1n) is 8.44. The number of non-ortho nitro benzene ring substituents is 1. The number of nitrogens with zero attached hydrogens (tertiary/aromatic N) is 2. The first kappa shape index (κ1) is 20.7. The van der Waals surface area contributed by atoms with E-state index in [1.165, 1.54) is 29.7 Å². The van der Waals surface area contributed by atoms with E-state index in [9.17, 15) is 14.9 Å². The average molecular weight is 478 g/mol. The van der Waals surface area contributed by atoms with E-state index in [2.05, 4.69) is 26.5 Å². The molecule has 0 aliphatic carbocycles. The van der Waals surface area contributed by atoms with Gasteiger partial charge in [0.2, 0.25) is 0 Å². The molecule has 29 heavy (non-hydrogen) atoms. The van der Waals surface area contributed by atoms with Gasteiger partial charge in [-0.25, -0.2) is 5.43 Å². The normalized spacial score (nSPS) is 11.0. The van der Waals surface area contributed by atoms with Gasteiger partial charge in [0, 0.05) is 32.3 Å². The molecule has 1 N–H and O–H groups in total. The van der Waals surface area contributed by atoms with Crippen molar-refractivity contribution in [3.05, 3.63) is 61.4 Å². The molecule has 1 aromatic heterocycles. The molecule has 0 spiro atoms. The highest BCUT2D eigenvalue weighted by molar-refractivity contribution is 9.10. The molecule has 0 atom stereocenters. The quantitative estimate of drug-likeness (QED) is 0.300. The summed E-state index contributed by atoms with van der Waals surface area (Å²) in [5.74, 6) is 0.746. The Morgan fingerprint density at radius 3 is 2.79 bits per heavy atom. The first-order chi connectivity index (χ1) is 13.9. The third kappa shape index (κ3) is 4.72. The van der Waals surface area contributed by atoms with Crippen LogP contribution >= 0.6 is 27.3 Å². The summed E-state index contributed by atoms with van der Waals surface area (Å²) < 4.78 is 12.3. The van der Waals surface area contributed by atoms with E-state index in [0.29, 0.717) is 33.9 Å². The molecule has 1 heterocycles. The second kappa shape index (κ2) is 9.01. The molecule has 0 saturated heterocycles. The summed E-state index contributed by atoms with van der Waals surface area (Å²) in [5.41, 5.74) is 3.14. The van der Waals surface area contributed by atoms with Crippen LogP contribution in [-0.4, -0.2) is 30.8 Å². The van der Waals surface area contributed by atoms with Gasteiger partial charge in [0.25, 0.3) is 11.6 Å². The van der Waals surface area contributed by atoms with Gasteiger partial charge in [-0.05, 0) is 47.1 Å². The van der Waals surface area contributed by atoms with Crippen molar-refractivity contribution in [2.24, 2.45) is 5.10 Å². The second-order valence-corrected chi connectivity index (χ2v) is 7.68. The maximum absolute atomic E-state index is 12.4. The number of fused-ring (bicyclic) bond motifs is 1. The Morgan fingerprint density at radius 2 is 2.10 bits per heavy atom. The SMILES string of the molecule is CCOc1cc(Br)c(/C=N\NC(=O)c2cc3cc([N+](=O)[O-])ccc3s2)cc1OC. The van der Waals surface area contributed by atoms with Crippen LogP contribution < -0.4 is 14.9 Å². The van der Waals surface area contributed by atoms with Crippen molar-refractivity contribution in [2.75, 3.05) is 13.7 Å². The van der Waals surface area contributed by atoms with E-state index in [4.69, 9.17) is 9.47 Å². The lowest BCUT2D eigenvalue weighted by Gasteiger charge is -2.11. The fourth-order valence-electron chi connectivity index (χ4n) is 2.55. The van der Waals surface area contributed by atoms with Gasteiger partial charge < -0.3 is 9.47 Å². The number of rotatable bonds is 7. The molecule has 0 aliphatic heterocycles. The molecular weight excluding hydrogens is 462 g/mol. The van der Waals surface area contributed by atoms with Gasteiger partial charge >= 0.3 is 0 Å². The predicted molar refractivity (Wildman–Crippen MR) is 115 cm³/mol. The minimum Gasteiger partial charge on any atom is -0.493 e. The number of methoxy groups -OCH3 is 1. The van der Waals surface area contributed by atoms with Crippen molar-refractivity contribution < 1.29 is 19.2 Å². The lowest BCUT2D eigenvalue weighted by molar-refractivity contribution is -0.384. The van der Waals surface area contributed by atoms with Crippen molar-refractivity contribution in [2.45, 2.75) is 6.92 Å². The number of benzene rings is 2. The van der Waals surface area contributed by atoms with Crippen LogP contribution in [0.1, 0.15) is 22.2 Å². The zero-order valence-corrected chi connectivity index (χ0v) is 17.9. The summed E-state index contributed by atoms with van der Waals surface area (Å²) in [6.45, 7) is 2.38. The van der Waals surface area contributed by atoms with Gasteiger partial charge in [-0.3, -0.25) is 14.9 Å². The van der Waals surface area contributed by atoms with E-state index >= 15 is 0 Å². The molecule has 8 nitrogen and oxygen atoms in total. The molecule has 0 fully saturated rings. The van der Waals surface area contributed by atoms with Crippen molar-refractivity contribution >= 4 is 55.2 Å². The Balaban J connectivity index is 1.75. The molecule has 1 amide bonds. The topological polar surface area (TPSA) is 103 Å². The molecule has 0 unspecified atom stereocenters. The van der Waals surface area contributed by atoms with Crippen LogP contribution in [0.25, 0.3) is 10.1 Å². The van der Waals surface area contributed by atoms with Crippen LogP contribution in [0, 0.1) is 10.1 Å². The molecule has 2 aromatic carbocycles. The van der Waals surface area contributed by atoms with Gasteiger partial charge in [-0.2, -0.15) is 5.10 Å². The number of carbonyl (C=O) groups is 1. The molecule has 3 rings (SSSR count). The van der Waals surface area contributed by atoms with Crippen LogP contribution in [0.15, 0.2) is 46.0 Å². The van der Waals surface area contributed by atoms with Crippen LogP contribution in [0.2, 0.25) is 0 Å². The summed E-state index contributed by atoms with van der Waals surface area (Å²) in [5, 5.41) is 15.5. The van der Waals surface area contributed by atoms with Crippen molar-refractivity contribution in [3.8, 4) is 11.5 Å². The molecule has 10 heteroatoms. The van der Waals surface area contributed by atoms with Crippen molar-refractivity contribution in [1.29, 1.82) is 0 Å². The van der Waals surface area contributed by atoms with Gasteiger partial charge in [0.15, 0.2) is 11.5 Å². The zero-order valence-electron chi connectivity index (χ0n) is 15.5. The van der Waals surface area contributed by atoms with E-state index in [1.807, 2.05) is 6.92 Å². The lowest BCUT2D eigenvalue weighted by Crippen LogP contribution is -2.16. The summed E-state index contributed by atoms with van der Waals surface area (Å²) in [7, 11) is 1.54. The molecule has 3 aromatic rings. The molecule has 150 valence electrons. The summed E-state index contributed by atoms with van der Waals surface area (Å²) >= 11 is 4.68. The number of halogens is 1. The Kier molecular flexibility index (Phi) is 6.45. The van der Waals surface area contributed by atoms with E-state index < -0.39 is 10.8 Å². The molecule has 0 saturated carbocycles. The standard InChI is InChI=1S/C19H16BrN3O5S/c1-3-28-16-9-14(20)12(7-15(16)27-2)10-21-22-19(24)18-8-11-6-13(23(25)26)4-5-17(11)29-18/h4-10H,3H2,1-2H3,(H,22,24)/b21-10-. The highest BCUT2D eigenvalue weighted by Gasteiger charge is 2.13. The Morgan fingerprint density at radius 1 is 1.31 bits per heavy atom. The van der Waals surface area contributed by atoms with E-state index in [0.717, 1.165) is 9.17 Å². The second-order valence-electron chi connectivity index (χ2n) is 5.75. The maximum atomic E-state index is 12.4. The highest BCUT2D eigenvalue weighted by Crippen LogP contribution is 2.33. The Bertz CT molecular complexity index is 1110. The molecular formula is C19H16BrN3O5S. The smallest absolute Gasteiger partial charge is 0.281 e. The fraction of sp³-hybridized carbons (Fsp3) is 0.158. The number of hydrogen-bond donors (Lipinski definition) is 1. The van der Waals surface area contributed by atoms with Crippen LogP contribution in [-0.2, 0) is 0 Å². The van der Waals surface area contributed by atoms with Crippen LogP contribution in [0.5, 0.6) is 11.5 Å². The van der Waals surface area contributed by atoms with Crippen LogP contribution in [0.4, 0.5) is 5.69 Å². The minimum atomic E-state index is -0.468.